The minimum Gasteiger partial charge on any atom is -0.364 e. The van der Waals surface area contributed by atoms with Crippen LogP contribution in [0.2, 0.25) is 0 Å². The highest BCUT2D eigenvalue weighted by Gasteiger charge is 2.36. The van der Waals surface area contributed by atoms with Crippen molar-refractivity contribution in [3.05, 3.63) is 29.6 Å². The lowest BCUT2D eigenvalue weighted by atomic mass is 9.96. The van der Waals surface area contributed by atoms with Gasteiger partial charge in [-0.15, -0.1) is 0 Å². The number of nitrogens with zero attached hydrogens (tertiary/aromatic N) is 1. The number of fused-ring (bicyclic) bond motifs is 3. The summed E-state index contributed by atoms with van der Waals surface area (Å²) in [6, 6.07) is 6.12. The Morgan fingerprint density at radius 3 is 3.06 bits per heavy atom. The van der Waals surface area contributed by atoms with E-state index in [4.69, 9.17) is 5.73 Å². The van der Waals surface area contributed by atoms with Crippen LogP contribution in [0.5, 0.6) is 0 Å². The average Bonchev–Trinajstić information content (AvgIpc) is 2.66. The smallest absolute Gasteiger partial charge is 0.125 e. The molecule has 1 fully saturated rings. The van der Waals surface area contributed by atoms with Crippen LogP contribution in [0.15, 0.2) is 18.2 Å². The van der Waals surface area contributed by atoms with Gasteiger partial charge in [0.15, 0.2) is 0 Å². The molecule has 3 heteroatoms. The maximum atomic E-state index is 13.3. The molecule has 1 aromatic rings. The highest BCUT2D eigenvalue weighted by molar-refractivity contribution is 5.61. The number of hydrogen-bond donors (Lipinski definition) is 1. The molecule has 0 amide bonds. The van der Waals surface area contributed by atoms with Crippen LogP contribution in [-0.2, 0) is 6.42 Å². The second-order valence-electron chi connectivity index (χ2n) is 4.86. The molecule has 86 valence electrons. The van der Waals surface area contributed by atoms with Crippen molar-refractivity contribution in [2.45, 2.75) is 37.8 Å². The van der Waals surface area contributed by atoms with Crippen molar-refractivity contribution in [3.8, 4) is 0 Å². The van der Waals surface area contributed by atoms with E-state index in [0.29, 0.717) is 18.6 Å². The van der Waals surface area contributed by atoms with Gasteiger partial charge in [-0.25, -0.2) is 4.39 Å². The van der Waals surface area contributed by atoms with E-state index in [0.717, 1.165) is 18.5 Å². The molecule has 0 bridgehead atoms. The molecule has 2 nitrogen and oxygen atoms in total. The normalized spacial score (nSPS) is 27.8. The van der Waals surface area contributed by atoms with Crippen LogP contribution in [0.3, 0.4) is 0 Å². The quantitative estimate of drug-likeness (QED) is 0.785. The van der Waals surface area contributed by atoms with Crippen molar-refractivity contribution in [2.75, 3.05) is 11.4 Å². The number of hydrogen-bond acceptors (Lipinski definition) is 2. The summed E-state index contributed by atoms with van der Waals surface area (Å²) < 4.78 is 13.3. The fourth-order valence-corrected chi connectivity index (χ4v) is 3.19. The zero-order chi connectivity index (χ0) is 11.1. The first kappa shape index (κ1) is 10.1. The van der Waals surface area contributed by atoms with Crippen molar-refractivity contribution in [1.82, 2.24) is 0 Å². The summed E-state index contributed by atoms with van der Waals surface area (Å²) >= 11 is 0. The Morgan fingerprint density at radius 1 is 1.38 bits per heavy atom. The summed E-state index contributed by atoms with van der Waals surface area (Å²) in [5, 5.41) is 0. The Balaban J connectivity index is 2.01. The first-order valence-electron chi connectivity index (χ1n) is 6.06. The van der Waals surface area contributed by atoms with Gasteiger partial charge in [-0.1, -0.05) is 6.07 Å². The van der Waals surface area contributed by atoms with E-state index in [1.807, 2.05) is 6.07 Å². The zero-order valence-electron chi connectivity index (χ0n) is 9.32. The molecule has 0 saturated carbocycles. The molecular formula is C13H17FN2. The first-order valence-corrected chi connectivity index (χ1v) is 6.06. The molecule has 0 aromatic heterocycles. The number of anilines is 1. The van der Waals surface area contributed by atoms with Crippen LogP contribution in [0, 0.1) is 5.82 Å². The molecular weight excluding hydrogens is 203 g/mol. The lowest BCUT2D eigenvalue weighted by Crippen LogP contribution is -2.48. The minimum atomic E-state index is -0.138. The van der Waals surface area contributed by atoms with E-state index in [9.17, 15) is 4.39 Å². The Morgan fingerprint density at radius 2 is 2.25 bits per heavy atom. The fourth-order valence-electron chi connectivity index (χ4n) is 3.19. The molecule has 0 radical (unpaired) electrons. The maximum Gasteiger partial charge on any atom is 0.125 e. The fraction of sp³-hybridized carbons (Fsp3) is 0.538. The van der Waals surface area contributed by atoms with Crippen LogP contribution in [-0.4, -0.2) is 18.6 Å². The van der Waals surface area contributed by atoms with E-state index >= 15 is 0 Å². The third-order valence-electron chi connectivity index (χ3n) is 3.91. The predicted molar refractivity (Wildman–Crippen MR) is 63.1 cm³/mol. The standard InChI is InChI=1S/C13H17FN2/c14-10-5-4-9-6-11-2-1-3-12(8-15)16(11)13(9)7-10/h4-5,7,11-12H,1-3,6,8,15H2. The van der Waals surface area contributed by atoms with Crippen LogP contribution >= 0.6 is 0 Å². The Bertz CT molecular complexity index is 399. The van der Waals surface area contributed by atoms with Gasteiger partial charge in [-0.2, -0.15) is 0 Å². The van der Waals surface area contributed by atoms with E-state index in [-0.39, 0.29) is 5.82 Å². The Kier molecular flexibility index (Phi) is 2.36. The molecule has 3 rings (SSSR count). The van der Waals surface area contributed by atoms with Gasteiger partial charge in [0.05, 0.1) is 0 Å². The summed E-state index contributed by atoms with van der Waals surface area (Å²) in [6.45, 7) is 0.673. The van der Waals surface area contributed by atoms with Crippen molar-refractivity contribution in [3.63, 3.8) is 0 Å². The number of halogens is 1. The van der Waals surface area contributed by atoms with Crippen LogP contribution in [0.25, 0.3) is 0 Å². The van der Waals surface area contributed by atoms with Gasteiger partial charge in [-0.3, -0.25) is 0 Å². The molecule has 2 aliphatic rings. The minimum absolute atomic E-state index is 0.138. The molecule has 2 unspecified atom stereocenters. The Labute approximate surface area is 95.2 Å². The molecule has 0 spiro atoms. The molecule has 1 aromatic carbocycles. The first-order chi connectivity index (χ1) is 7.79. The molecule has 1 saturated heterocycles. The molecule has 2 atom stereocenters. The topological polar surface area (TPSA) is 29.3 Å². The number of nitrogens with two attached hydrogens (primary N) is 1. The summed E-state index contributed by atoms with van der Waals surface area (Å²) in [5.41, 5.74) is 8.19. The summed E-state index contributed by atoms with van der Waals surface area (Å²) in [4.78, 5) is 2.36. The van der Waals surface area contributed by atoms with Crippen LogP contribution < -0.4 is 10.6 Å². The van der Waals surface area contributed by atoms with Gasteiger partial charge >= 0.3 is 0 Å². The molecule has 2 N–H and O–H groups in total. The third kappa shape index (κ3) is 1.42. The van der Waals surface area contributed by atoms with Crippen LogP contribution in [0.4, 0.5) is 10.1 Å². The van der Waals surface area contributed by atoms with Crippen molar-refractivity contribution in [1.29, 1.82) is 0 Å². The second kappa shape index (κ2) is 3.74. The number of benzene rings is 1. The molecule has 2 aliphatic heterocycles. The van der Waals surface area contributed by atoms with Crippen molar-refractivity contribution >= 4 is 5.69 Å². The van der Waals surface area contributed by atoms with E-state index < -0.39 is 0 Å². The maximum absolute atomic E-state index is 13.3. The summed E-state index contributed by atoms with van der Waals surface area (Å²) in [5.74, 6) is -0.138. The largest absolute Gasteiger partial charge is 0.364 e. The lowest BCUT2D eigenvalue weighted by molar-refractivity contribution is 0.399. The molecule has 16 heavy (non-hydrogen) atoms. The van der Waals surface area contributed by atoms with Crippen LogP contribution in [0.1, 0.15) is 24.8 Å². The van der Waals surface area contributed by atoms with E-state index in [1.165, 1.54) is 18.4 Å². The van der Waals surface area contributed by atoms with E-state index in [1.54, 1.807) is 12.1 Å². The van der Waals surface area contributed by atoms with Crippen molar-refractivity contribution < 1.29 is 4.39 Å². The number of rotatable bonds is 1. The van der Waals surface area contributed by atoms with Gasteiger partial charge in [0.2, 0.25) is 0 Å². The summed E-state index contributed by atoms with van der Waals surface area (Å²) in [7, 11) is 0. The summed E-state index contributed by atoms with van der Waals surface area (Å²) in [6.07, 6.45) is 4.67. The van der Waals surface area contributed by atoms with Gasteiger partial charge in [0, 0.05) is 24.3 Å². The van der Waals surface area contributed by atoms with Crippen molar-refractivity contribution in [2.24, 2.45) is 5.73 Å². The third-order valence-corrected chi connectivity index (χ3v) is 3.91. The van der Waals surface area contributed by atoms with Gasteiger partial charge < -0.3 is 10.6 Å². The second-order valence-corrected chi connectivity index (χ2v) is 4.86. The molecule has 0 aliphatic carbocycles. The van der Waals surface area contributed by atoms with Gasteiger partial charge in [0.1, 0.15) is 5.82 Å². The Hall–Kier alpha value is -1.09. The SMILES string of the molecule is NCC1CCCC2Cc3ccc(F)cc3N12. The highest BCUT2D eigenvalue weighted by atomic mass is 19.1. The van der Waals surface area contributed by atoms with Gasteiger partial charge in [-0.05, 0) is 43.4 Å². The highest BCUT2D eigenvalue weighted by Crippen LogP contribution is 2.39. The van der Waals surface area contributed by atoms with Gasteiger partial charge in [0.25, 0.3) is 0 Å². The lowest BCUT2D eigenvalue weighted by Gasteiger charge is -2.39. The monoisotopic (exact) mass is 220 g/mol. The van der Waals surface area contributed by atoms with E-state index in [2.05, 4.69) is 4.90 Å². The average molecular weight is 220 g/mol. The number of piperidine rings is 1. The zero-order valence-corrected chi connectivity index (χ0v) is 9.32. The molecule has 2 heterocycles. The predicted octanol–water partition coefficient (Wildman–Crippen LogP) is 2.07.